The molecule has 0 saturated carbocycles. The van der Waals surface area contributed by atoms with E-state index in [1.165, 1.54) is 5.56 Å². The summed E-state index contributed by atoms with van der Waals surface area (Å²) >= 11 is 0. The largest absolute Gasteiger partial charge is 0.369 e. The third-order valence-corrected chi connectivity index (χ3v) is 3.36. The molecule has 20 heavy (non-hydrogen) atoms. The highest BCUT2D eigenvalue weighted by molar-refractivity contribution is 5.43. The van der Waals surface area contributed by atoms with Crippen molar-refractivity contribution in [1.29, 1.82) is 0 Å². The van der Waals surface area contributed by atoms with Gasteiger partial charge in [-0.2, -0.15) is 4.52 Å². The van der Waals surface area contributed by atoms with E-state index in [1.807, 2.05) is 6.07 Å². The highest BCUT2D eigenvalue weighted by atomic mass is 15.5. The highest BCUT2D eigenvalue weighted by Gasteiger charge is 2.06. The second-order valence-electron chi connectivity index (χ2n) is 4.77. The maximum absolute atomic E-state index is 4.12. The summed E-state index contributed by atoms with van der Waals surface area (Å²) in [5, 5.41) is 14.8. The van der Waals surface area contributed by atoms with E-state index in [0.717, 1.165) is 18.8 Å². The zero-order valence-electron chi connectivity index (χ0n) is 11.3. The summed E-state index contributed by atoms with van der Waals surface area (Å²) in [4.78, 5) is 4.12. The predicted molar refractivity (Wildman–Crippen MR) is 76.5 cm³/mol. The molecule has 0 spiro atoms. The minimum Gasteiger partial charge on any atom is -0.369 e. The number of nitrogens with zero attached hydrogens (tertiary/aromatic N) is 5. The minimum atomic E-state index is 0.504. The first-order chi connectivity index (χ1) is 9.84. The monoisotopic (exact) mass is 268 g/mol. The van der Waals surface area contributed by atoms with Gasteiger partial charge in [0.25, 0.3) is 0 Å². The smallest absolute Gasteiger partial charge is 0.199 e. The molecule has 102 valence electrons. The summed E-state index contributed by atoms with van der Waals surface area (Å²) in [6.07, 6.45) is 4.40. The molecule has 0 aliphatic carbocycles. The highest BCUT2D eigenvalue weighted by Crippen LogP contribution is 2.18. The van der Waals surface area contributed by atoms with E-state index in [1.54, 1.807) is 16.9 Å². The molecule has 2 aromatic heterocycles. The Labute approximate surface area is 116 Å². The summed E-state index contributed by atoms with van der Waals surface area (Å²) in [5.74, 6) is 1.32. The van der Waals surface area contributed by atoms with E-state index in [4.69, 9.17) is 0 Å². The number of aromatic nitrogens is 5. The summed E-state index contributed by atoms with van der Waals surface area (Å²) in [6, 6.07) is 10.5. The van der Waals surface area contributed by atoms with Crippen molar-refractivity contribution in [2.45, 2.75) is 19.3 Å². The first-order valence-corrected chi connectivity index (χ1v) is 6.65. The van der Waals surface area contributed by atoms with Crippen molar-refractivity contribution in [2.24, 2.45) is 0 Å². The zero-order chi connectivity index (χ0) is 13.8. The minimum absolute atomic E-state index is 0.504. The van der Waals surface area contributed by atoms with Crippen molar-refractivity contribution in [1.82, 2.24) is 25.0 Å². The van der Waals surface area contributed by atoms with Crippen LogP contribution in [0.2, 0.25) is 0 Å². The molecule has 3 aromatic rings. The third kappa shape index (κ3) is 2.59. The Morgan fingerprint density at radius 3 is 2.90 bits per heavy atom. The molecular formula is C14H16N6. The van der Waals surface area contributed by atoms with Crippen LogP contribution in [-0.4, -0.2) is 31.6 Å². The van der Waals surface area contributed by atoms with Crippen LogP contribution in [0.3, 0.4) is 0 Å². The lowest BCUT2D eigenvalue weighted by Crippen LogP contribution is -2.09. The van der Waals surface area contributed by atoms with Crippen molar-refractivity contribution in [3.8, 4) is 0 Å². The lowest BCUT2D eigenvalue weighted by atomic mass is 9.98. The number of benzene rings is 1. The molecular weight excluding hydrogens is 252 g/mol. The Morgan fingerprint density at radius 2 is 2.05 bits per heavy atom. The first-order valence-electron chi connectivity index (χ1n) is 6.65. The van der Waals surface area contributed by atoms with Gasteiger partial charge < -0.3 is 5.32 Å². The molecule has 0 amide bonds. The number of rotatable bonds is 5. The van der Waals surface area contributed by atoms with Crippen LogP contribution in [0.25, 0.3) is 5.65 Å². The average Bonchev–Trinajstić information content (AvgIpc) is 2.97. The Morgan fingerprint density at radius 1 is 1.20 bits per heavy atom. The van der Waals surface area contributed by atoms with Crippen LogP contribution in [0.1, 0.15) is 24.8 Å². The Kier molecular flexibility index (Phi) is 3.54. The van der Waals surface area contributed by atoms with Crippen molar-refractivity contribution in [2.75, 3.05) is 11.9 Å². The summed E-state index contributed by atoms with van der Waals surface area (Å²) in [5.41, 5.74) is 2.00. The topological polar surface area (TPSA) is 68.0 Å². The molecule has 0 bridgehead atoms. The second-order valence-corrected chi connectivity index (χ2v) is 4.77. The van der Waals surface area contributed by atoms with Gasteiger partial charge in [-0.3, -0.25) is 4.98 Å². The van der Waals surface area contributed by atoms with Gasteiger partial charge >= 0.3 is 0 Å². The number of hydrogen-bond acceptors (Lipinski definition) is 5. The van der Waals surface area contributed by atoms with Gasteiger partial charge in [0.2, 0.25) is 0 Å². The quantitative estimate of drug-likeness (QED) is 0.767. The van der Waals surface area contributed by atoms with Crippen LogP contribution in [0.15, 0.2) is 42.7 Å². The number of tetrazole rings is 1. The number of anilines is 1. The molecule has 0 fully saturated rings. The lowest BCUT2D eigenvalue weighted by molar-refractivity contribution is 0.701. The molecule has 2 heterocycles. The van der Waals surface area contributed by atoms with E-state index in [2.05, 4.69) is 57.0 Å². The summed E-state index contributed by atoms with van der Waals surface area (Å²) in [7, 11) is 0. The van der Waals surface area contributed by atoms with Crippen LogP contribution >= 0.6 is 0 Å². The molecule has 6 nitrogen and oxygen atoms in total. The van der Waals surface area contributed by atoms with Gasteiger partial charge in [-0.1, -0.05) is 37.3 Å². The molecule has 1 N–H and O–H groups in total. The Bertz CT molecular complexity index is 678. The van der Waals surface area contributed by atoms with Gasteiger partial charge in [-0.05, 0) is 28.3 Å². The van der Waals surface area contributed by atoms with E-state index in [9.17, 15) is 0 Å². The molecule has 1 atom stereocenters. The van der Waals surface area contributed by atoms with Gasteiger partial charge in [-0.15, -0.1) is 5.10 Å². The van der Waals surface area contributed by atoms with E-state index >= 15 is 0 Å². The predicted octanol–water partition coefficient (Wildman–Crippen LogP) is 2.12. The zero-order valence-corrected chi connectivity index (χ0v) is 11.3. The van der Waals surface area contributed by atoms with Crippen molar-refractivity contribution in [3.63, 3.8) is 0 Å². The number of fused-ring (bicyclic) bond motifs is 1. The summed E-state index contributed by atoms with van der Waals surface area (Å²) in [6.45, 7) is 3.07. The van der Waals surface area contributed by atoms with Crippen LogP contribution in [-0.2, 0) is 0 Å². The van der Waals surface area contributed by atoms with Gasteiger partial charge in [0.05, 0.1) is 12.4 Å². The fourth-order valence-electron chi connectivity index (χ4n) is 2.16. The molecule has 1 aromatic carbocycles. The lowest BCUT2D eigenvalue weighted by Gasteiger charge is -2.13. The molecule has 6 heteroatoms. The van der Waals surface area contributed by atoms with Crippen LogP contribution in [0, 0.1) is 0 Å². The number of nitrogens with one attached hydrogen (secondary N) is 1. The maximum Gasteiger partial charge on any atom is 0.199 e. The third-order valence-electron chi connectivity index (χ3n) is 3.36. The summed E-state index contributed by atoms with van der Waals surface area (Å²) < 4.78 is 1.65. The van der Waals surface area contributed by atoms with Crippen LogP contribution in [0.5, 0.6) is 0 Å². The van der Waals surface area contributed by atoms with E-state index in [0.29, 0.717) is 11.6 Å². The molecule has 0 saturated heterocycles. The van der Waals surface area contributed by atoms with Gasteiger partial charge in [0.1, 0.15) is 5.82 Å². The van der Waals surface area contributed by atoms with Crippen molar-refractivity contribution in [3.05, 3.63) is 48.3 Å². The van der Waals surface area contributed by atoms with Gasteiger partial charge in [0.15, 0.2) is 5.65 Å². The molecule has 0 aliphatic heterocycles. The maximum atomic E-state index is 4.12. The van der Waals surface area contributed by atoms with Gasteiger partial charge in [0, 0.05) is 6.54 Å². The van der Waals surface area contributed by atoms with Crippen LogP contribution in [0.4, 0.5) is 5.82 Å². The molecule has 0 radical (unpaired) electrons. The Hall–Kier alpha value is -2.50. The average molecular weight is 268 g/mol. The SMILES string of the molecule is CC(CCNc1cncc2nnnn12)c1ccccc1. The fourth-order valence-corrected chi connectivity index (χ4v) is 2.16. The standard InChI is InChI=1S/C14H16N6/c1-11(12-5-3-2-4-6-12)7-8-16-13-9-15-10-14-17-18-19-20(13)14/h2-6,9-11,16H,7-8H2,1H3. The van der Waals surface area contributed by atoms with E-state index < -0.39 is 0 Å². The second kappa shape index (κ2) is 5.64. The first kappa shape index (κ1) is 12.5. The van der Waals surface area contributed by atoms with Crippen molar-refractivity contribution < 1.29 is 0 Å². The Balaban J connectivity index is 1.61. The molecule has 0 aliphatic rings. The number of hydrogen-bond donors (Lipinski definition) is 1. The normalized spacial score (nSPS) is 12.4. The van der Waals surface area contributed by atoms with Crippen LogP contribution < -0.4 is 5.32 Å². The fraction of sp³-hybridized carbons (Fsp3) is 0.286. The van der Waals surface area contributed by atoms with Crippen molar-refractivity contribution >= 4 is 11.5 Å². The van der Waals surface area contributed by atoms with E-state index in [-0.39, 0.29) is 0 Å². The molecule has 1 unspecified atom stereocenters. The molecule has 3 rings (SSSR count). The van der Waals surface area contributed by atoms with Gasteiger partial charge in [-0.25, -0.2) is 0 Å².